The predicted molar refractivity (Wildman–Crippen MR) is 173 cm³/mol. The fraction of sp³-hybridized carbons (Fsp3) is 0.576. The summed E-state index contributed by atoms with van der Waals surface area (Å²) in [5.74, 6) is -0.268. The van der Waals surface area contributed by atoms with Gasteiger partial charge in [-0.1, -0.05) is 49.6 Å². The Labute approximate surface area is 260 Å². The number of aryl methyl sites for hydroxylation is 1. The molecule has 4 rings (SSSR count). The lowest BCUT2D eigenvalue weighted by Gasteiger charge is -2.27. The summed E-state index contributed by atoms with van der Waals surface area (Å²) in [6, 6.07) is 12.5. The molecule has 1 saturated carbocycles. The van der Waals surface area contributed by atoms with E-state index in [1.807, 2.05) is 49.6 Å². The number of nitrogens with zero attached hydrogens (tertiary/aromatic N) is 1. The number of hydrogen-bond donors (Lipinski definition) is 2. The molecule has 2 fully saturated rings. The Balaban J connectivity index is 1.57. The van der Waals surface area contributed by atoms with Gasteiger partial charge in [0.25, 0.3) is 5.91 Å². The van der Waals surface area contributed by atoms with Crippen LogP contribution >= 0.6 is 11.8 Å². The van der Waals surface area contributed by atoms with Crippen LogP contribution in [0.1, 0.15) is 66.4 Å². The molecule has 43 heavy (non-hydrogen) atoms. The van der Waals surface area contributed by atoms with Crippen LogP contribution in [0.5, 0.6) is 0 Å². The molecule has 0 spiro atoms. The molecule has 2 aromatic carbocycles. The van der Waals surface area contributed by atoms with Gasteiger partial charge in [-0.2, -0.15) is 11.8 Å². The van der Waals surface area contributed by atoms with Crippen LogP contribution in [0.2, 0.25) is 0 Å². The standard InChI is InChI=1S/C33H46N2O6S2/c1-23-9-7-8-12-28(23)30-17-25(13-14-29(30)32(36)34-31(33(37)38)15-16-42-2)19-35-20-27(43(3,39)40)18-26(35)22-41-21-24-10-5-4-6-11-24/h7-9,12-14,17,24,26-27,31H,4-6,10-11,15-16,18-22H2,1-3H3,(H,34,36)(H,37,38)/t26-,27+,31+/m1/s1. The molecule has 0 unspecified atom stereocenters. The maximum atomic E-state index is 13.5. The van der Waals surface area contributed by atoms with Crippen molar-refractivity contribution in [2.24, 2.45) is 5.92 Å². The van der Waals surface area contributed by atoms with Crippen LogP contribution in [0, 0.1) is 12.8 Å². The number of carbonyl (C=O) groups excluding carboxylic acids is 1. The lowest BCUT2D eigenvalue weighted by atomic mass is 9.90. The molecule has 0 radical (unpaired) electrons. The lowest BCUT2D eigenvalue weighted by molar-refractivity contribution is -0.139. The normalized spacial score (nSPS) is 20.6. The van der Waals surface area contributed by atoms with Gasteiger partial charge in [0.1, 0.15) is 6.04 Å². The molecule has 2 aliphatic rings. The number of carbonyl (C=O) groups is 2. The number of amides is 1. The van der Waals surface area contributed by atoms with Crippen molar-refractivity contribution >= 4 is 33.5 Å². The first-order valence-corrected chi connectivity index (χ1v) is 18.6. The van der Waals surface area contributed by atoms with E-state index >= 15 is 0 Å². The Morgan fingerprint density at radius 3 is 2.51 bits per heavy atom. The van der Waals surface area contributed by atoms with Crippen LogP contribution in [0.25, 0.3) is 11.1 Å². The summed E-state index contributed by atoms with van der Waals surface area (Å²) < 4.78 is 31.3. The molecule has 0 bridgehead atoms. The zero-order chi connectivity index (χ0) is 31.0. The number of likely N-dealkylation sites (tertiary alicyclic amines) is 1. The maximum Gasteiger partial charge on any atom is 0.326 e. The molecule has 8 nitrogen and oxygen atoms in total. The first kappa shape index (κ1) is 33.5. The smallest absolute Gasteiger partial charge is 0.326 e. The Kier molecular flexibility index (Phi) is 12.1. The minimum absolute atomic E-state index is 0.0130. The number of sulfone groups is 1. The molecule has 10 heteroatoms. The van der Waals surface area contributed by atoms with Crippen LogP contribution in [0.3, 0.4) is 0 Å². The van der Waals surface area contributed by atoms with Crippen molar-refractivity contribution in [2.45, 2.75) is 75.7 Å². The Bertz CT molecular complexity index is 1360. The Morgan fingerprint density at radius 1 is 1.09 bits per heavy atom. The number of aliphatic carboxylic acids is 1. The zero-order valence-corrected chi connectivity index (χ0v) is 27.2. The van der Waals surface area contributed by atoms with Crippen molar-refractivity contribution in [3.63, 3.8) is 0 Å². The highest BCUT2D eigenvalue weighted by atomic mass is 32.2. The summed E-state index contributed by atoms with van der Waals surface area (Å²) in [6.45, 7) is 4.17. The summed E-state index contributed by atoms with van der Waals surface area (Å²) in [5.41, 5.74) is 3.99. The van der Waals surface area contributed by atoms with Crippen LogP contribution in [-0.2, 0) is 25.9 Å². The summed E-state index contributed by atoms with van der Waals surface area (Å²) in [4.78, 5) is 27.5. The van der Waals surface area contributed by atoms with Gasteiger partial charge in [-0.3, -0.25) is 9.69 Å². The number of carboxylic acids is 1. The SMILES string of the molecule is CSCC[C@H](NC(=O)c1ccc(CN2C[C@@H](S(C)(=O)=O)C[C@@H]2COCC2CCCCC2)cc1-c1ccccc1C)C(=O)O. The van der Waals surface area contributed by atoms with Gasteiger partial charge in [0.2, 0.25) is 0 Å². The van der Waals surface area contributed by atoms with Gasteiger partial charge in [-0.05, 0) is 84.9 Å². The summed E-state index contributed by atoms with van der Waals surface area (Å²) in [5, 5.41) is 12.0. The van der Waals surface area contributed by atoms with Gasteiger partial charge in [0, 0.05) is 37.6 Å². The Morgan fingerprint density at radius 2 is 1.84 bits per heavy atom. The number of hydrogen-bond acceptors (Lipinski definition) is 7. The third-order valence-corrected chi connectivity index (χ3v) is 11.0. The quantitative estimate of drug-likeness (QED) is 0.294. The second-order valence-electron chi connectivity index (χ2n) is 12.2. The van der Waals surface area contributed by atoms with Crippen LogP contribution < -0.4 is 5.32 Å². The minimum atomic E-state index is -3.21. The average molecular weight is 631 g/mol. The monoisotopic (exact) mass is 630 g/mol. The maximum absolute atomic E-state index is 13.5. The van der Waals surface area contributed by atoms with Crippen molar-refractivity contribution in [2.75, 3.05) is 38.0 Å². The number of thioether (sulfide) groups is 1. The van der Waals surface area contributed by atoms with E-state index in [1.54, 1.807) is 6.07 Å². The number of carboxylic acid groups (broad SMARTS) is 1. The molecule has 1 amide bonds. The highest BCUT2D eigenvalue weighted by molar-refractivity contribution is 7.98. The molecule has 236 valence electrons. The molecule has 1 aliphatic carbocycles. The van der Waals surface area contributed by atoms with Gasteiger partial charge in [-0.25, -0.2) is 13.2 Å². The third-order valence-electron chi connectivity index (χ3n) is 8.85. The highest BCUT2D eigenvalue weighted by Crippen LogP contribution is 2.31. The van der Waals surface area contributed by atoms with E-state index in [9.17, 15) is 23.1 Å². The van der Waals surface area contributed by atoms with Crippen LogP contribution in [0.4, 0.5) is 0 Å². The van der Waals surface area contributed by atoms with Crippen molar-refractivity contribution in [3.8, 4) is 11.1 Å². The van der Waals surface area contributed by atoms with Crippen molar-refractivity contribution < 1.29 is 27.9 Å². The number of ether oxygens (including phenoxy) is 1. The summed E-state index contributed by atoms with van der Waals surface area (Å²) in [6.07, 6.45) is 10.3. The Hall–Kier alpha value is -2.40. The highest BCUT2D eigenvalue weighted by Gasteiger charge is 2.37. The van der Waals surface area contributed by atoms with Crippen LogP contribution in [-0.4, -0.2) is 85.7 Å². The molecule has 1 aliphatic heterocycles. The largest absolute Gasteiger partial charge is 0.480 e. The number of nitrogens with one attached hydrogen (secondary N) is 1. The van der Waals surface area contributed by atoms with Gasteiger partial charge >= 0.3 is 5.97 Å². The number of rotatable bonds is 14. The van der Waals surface area contributed by atoms with E-state index in [1.165, 1.54) is 50.1 Å². The predicted octanol–water partition coefficient (Wildman–Crippen LogP) is 5.18. The van der Waals surface area contributed by atoms with Gasteiger partial charge in [-0.15, -0.1) is 0 Å². The van der Waals surface area contributed by atoms with E-state index in [0.29, 0.717) is 49.8 Å². The molecular weight excluding hydrogens is 585 g/mol. The van der Waals surface area contributed by atoms with Crippen molar-refractivity contribution in [3.05, 3.63) is 59.2 Å². The fourth-order valence-electron chi connectivity index (χ4n) is 6.29. The lowest BCUT2D eigenvalue weighted by Crippen LogP contribution is -2.41. The molecule has 1 heterocycles. The number of benzene rings is 2. The van der Waals surface area contributed by atoms with E-state index in [-0.39, 0.29) is 6.04 Å². The van der Waals surface area contributed by atoms with Gasteiger partial charge in [0.05, 0.1) is 11.9 Å². The van der Waals surface area contributed by atoms with Gasteiger partial charge in [0.15, 0.2) is 9.84 Å². The average Bonchev–Trinajstić information content (AvgIpc) is 3.39. The molecule has 1 saturated heterocycles. The first-order valence-electron chi connectivity index (χ1n) is 15.3. The molecule has 3 atom stereocenters. The second-order valence-corrected chi connectivity index (χ2v) is 15.5. The van der Waals surface area contributed by atoms with E-state index in [4.69, 9.17) is 4.74 Å². The zero-order valence-electron chi connectivity index (χ0n) is 25.6. The summed E-state index contributed by atoms with van der Waals surface area (Å²) in [7, 11) is -3.21. The van der Waals surface area contributed by atoms with E-state index in [0.717, 1.165) is 28.9 Å². The molecule has 2 aromatic rings. The van der Waals surface area contributed by atoms with Crippen LogP contribution in [0.15, 0.2) is 42.5 Å². The first-order chi connectivity index (χ1) is 20.6. The minimum Gasteiger partial charge on any atom is -0.480 e. The topological polar surface area (TPSA) is 113 Å². The fourth-order valence-corrected chi connectivity index (χ4v) is 7.79. The van der Waals surface area contributed by atoms with E-state index in [2.05, 4.69) is 10.2 Å². The van der Waals surface area contributed by atoms with E-state index < -0.39 is 33.0 Å². The third kappa shape index (κ3) is 9.30. The molecule has 2 N–H and O–H groups in total. The molecular formula is C33H46N2O6S2. The summed E-state index contributed by atoms with van der Waals surface area (Å²) >= 11 is 1.54. The molecule has 0 aromatic heterocycles. The second kappa shape index (κ2) is 15.5. The van der Waals surface area contributed by atoms with Gasteiger partial charge < -0.3 is 15.2 Å². The van der Waals surface area contributed by atoms with Crippen molar-refractivity contribution in [1.29, 1.82) is 0 Å². The van der Waals surface area contributed by atoms with Crippen molar-refractivity contribution in [1.82, 2.24) is 10.2 Å².